The second-order valence-electron chi connectivity index (χ2n) is 5.36. The molecule has 1 unspecified atom stereocenters. The first kappa shape index (κ1) is 12.2. The number of nitrogens with two attached hydrogens (primary N) is 1. The van der Waals surface area contributed by atoms with Gasteiger partial charge in [0.25, 0.3) is 0 Å². The lowest BCUT2D eigenvalue weighted by atomic mass is 9.62. The molecular formula is C15H22N2. The van der Waals surface area contributed by atoms with E-state index in [1.54, 1.807) is 0 Å². The maximum Gasteiger partial charge on any atom is 0.126 e. The summed E-state index contributed by atoms with van der Waals surface area (Å²) in [5.41, 5.74) is 8.56. The number of hydrogen-bond acceptors (Lipinski definition) is 2. The van der Waals surface area contributed by atoms with Crippen molar-refractivity contribution in [2.24, 2.45) is 10.7 Å². The molecule has 0 amide bonds. The Morgan fingerprint density at radius 1 is 1.12 bits per heavy atom. The van der Waals surface area contributed by atoms with Gasteiger partial charge in [0.2, 0.25) is 0 Å². The first-order valence-electron chi connectivity index (χ1n) is 6.43. The van der Waals surface area contributed by atoms with Gasteiger partial charge in [-0.3, -0.25) is 4.99 Å². The van der Waals surface area contributed by atoms with E-state index in [-0.39, 0.29) is 11.0 Å². The van der Waals surface area contributed by atoms with Crippen LogP contribution in [-0.2, 0) is 5.41 Å². The minimum atomic E-state index is -0.0970. The second kappa shape index (κ2) is 3.86. The third kappa shape index (κ3) is 1.50. The van der Waals surface area contributed by atoms with Crippen molar-refractivity contribution in [3.8, 4) is 0 Å². The second-order valence-corrected chi connectivity index (χ2v) is 5.36. The lowest BCUT2D eigenvalue weighted by Crippen LogP contribution is -2.50. The van der Waals surface area contributed by atoms with Crippen LogP contribution >= 0.6 is 0 Å². The molecule has 0 saturated carbocycles. The van der Waals surface area contributed by atoms with Gasteiger partial charge in [-0.05, 0) is 25.3 Å². The van der Waals surface area contributed by atoms with Crippen LogP contribution in [0.3, 0.4) is 0 Å². The molecule has 0 fully saturated rings. The van der Waals surface area contributed by atoms with Crippen LogP contribution in [0.15, 0.2) is 29.3 Å². The Morgan fingerprint density at radius 2 is 1.76 bits per heavy atom. The number of aliphatic imine (C=N–C) groups is 1. The van der Waals surface area contributed by atoms with Crippen molar-refractivity contribution in [2.75, 3.05) is 0 Å². The fourth-order valence-electron chi connectivity index (χ4n) is 2.97. The molecule has 1 aliphatic rings. The Hall–Kier alpha value is -1.31. The van der Waals surface area contributed by atoms with Crippen LogP contribution in [0.5, 0.6) is 0 Å². The van der Waals surface area contributed by atoms with Gasteiger partial charge in [-0.1, -0.05) is 45.0 Å². The maximum absolute atomic E-state index is 6.12. The van der Waals surface area contributed by atoms with E-state index >= 15 is 0 Å². The van der Waals surface area contributed by atoms with Gasteiger partial charge in [-0.2, -0.15) is 0 Å². The molecule has 1 aromatic carbocycles. The third-order valence-electron chi connectivity index (χ3n) is 4.75. The zero-order chi connectivity index (χ0) is 12.7. The zero-order valence-electron chi connectivity index (χ0n) is 11.2. The predicted octanol–water partition coefficient (Wildman–Crippen LogP) is 3.24. The number of benzene rings is 1. The molecule has 1 aromatic rings. The standard InChI is InChI=1S/C15H22N2/c1-5-14(3)12-10-8-7-9-11(12)13(16)17-15(14,4)6-2/h7-10H,5-6H2,1-4H3,(H2,16,17)/t14?,15-/m1/s1. The number of nitrogens with zero attached hydrogens (tertiary/aromatic N) is 1. The summed E-state index contributed by atoms with van der Waals surface area (Å²) in [5, 5.41) is 0. The van der Waals surface area contributed by atoms with Crippen LogP contribution in [-0.4, -0.2) is 11.4 Å². The van der Waals surface area contributed by atoms with E-state index in [1.807, 2.05) is 6.07 Å². The van der Waals surface area contributed by atoms with Crippen molar-refractivity contribution in [3.05, 3.63) is 35.4 Å². The first-order valence-corrected chi connectivity index (χ1v) is 6.43. The smallest absolute Gasteiger partial charge is 0.126 e. The van der Waals surface area contributed by atoms with Crippen molar-refractivity contribution in [2.45, 2.75) is 51.5 Å². The summed E-state index contributed by atoms with van der Waals surface area (Å²) in [6.45, 7) is 8.96. The Morgan fingerprint density at radius 3 is 2.35 bits per heavy atom. The van der Waals surface area contributed by atoms with E-state index in [4.69, 9.17) is 10.7 Å². The molecule has 17 heavy (non-hydrogen) atoms. The molecule has 0 aliphatic carbocycles. The molecule has 0 spiro atoms. The largest absolute Gasteiger partial charge is 0.383 e. The Bertz CT molecular complexity index is 464. The summed E-state index contributed by atoms with van der Waals surface area (Å²) in [6.07, 6.45) is 2.08. The summed E-state index contributed by atoms with van der Waals surface area (Å²) in [4.78, 5) is 4.79. The summed E-state index contributed by atoms with van der Waals surface area (Å²) in [5.74, 6) is 0.691. The SMILES string of the molecule is CCC1(C)c2ccccc2C(N)=N[C@]1(C)CC. The van der Waals surface area contributed by atoms with Crippen molar-refractivity contribution in [3.63, 3.8) is 0 Å². The third-order valence-corrected chi connectivity index (χ3v) is 4.75. The molecule has 2 N–H and O–H groups in total. The van der Waals surface area contributed by atoms with Gasteiger partial charge in [-0.15, -0.1) is 0 Å². The quantitative estimate of drug-likeness (QED) is 0.832. The van der Waals surface area contributed by atoms with Gasteiger partial charge in [0.15, 0.2) is 0 Å². The van der Waals surface area contributed by atoms with Gasteiger partial charge in [0, 0.05) is 11.0 Å². The van der Waals surface area contributed by atoms with Crippen LogP contribution in [0, 0.1) is 0 Å². The van der Waals surface area contributed by atoms with Gasteiger partial charge >= 0.3 is 0 Å². The molecule has 1 aliphatic heterocycles. The molecule has 0 aromatic heterocycles. The fraction of sp³-hybridized carbons (Fsp3) is 0.533. The Balaban J connectivity index is 2.72. The highest BCUT2D eigenvalue weighted by Crippen LogP contribution is 2.46. The number of rotatable bonds is 2. The molecule has 92 valence electrons. The minimum absolute atomic E-state index is 0.0706. The molecule has 2 nitrogen and oxygen atoms in total. The fourth-order valence-corrected chi connectivity index (χ4v) is 2.97. The van der Waals surface area contributed by atoms with Gasteiger partial charge in [0.1, 0.15) is 5.84 Å². The van der Waals surface area contributed by atoms with Crippen LogP contribution in [0.2, 0.25) is 0 Å². The average Bonchev–Trinajstić information content (AvgIpc) is 2.36. The Kier molecular flexibility index (Phi) is 2.76. The van der Waals surface area contributed by atoms with E-state index < -0.39 is 0 Å². The van der Waals surface area contributed by atoms with Crippen LogP contribution in [0.25, 0.3) is 0 Å². The first-order chi connectivity index (χ1) is 7.98. The molecule has 0 bridgehead atoms. The Labute approximate surface area is 104 Å². The highest BCUT2D eigenvalue weighted by atomic mass is 15.0. The number of fused-ring (bicyclic) bond motifs is 1. The van der Waals surface area contributed by atoms with Crippen molar-refractivity contribution in [1.82, 2.24) is 0 Å². The summed E-state index contributed by atoms with van der Waals surface area (Å²) >= 11 is 0. The molecule has 2 rings (SSSR count). The normalized spacial score (nSPS) is 31.9. The molecular weight excluding hydrogens is 208 g/mol. The molecule has 0 radical (unpaired) electrons. The highest BCUT2D eigenvalue weighted by Gasteiger charge is 2.47. The van der Waals surface area contributed by atoms with Crippen molar-refractivity contribution < 1.29 is 0 Å². The van der Waals surface area contributed by atoms with E-state index in [1.165, 1.54) is 5.56 Å². The monoisotopic (exact) mass is 230 g/mol. The molecule has 2 heteroatoms. The number of hydrogen-bond donors (Lipinski definition) is 1. The molecule has 0 saturated heterocycles. The van der Waals surface area contributed by atoms with Gasteiger partial charge in [0.05, 0.1) is 5.54 Å². The maximum atomic E-state index is 6.12. The summed E-state index contributed by atoms with van der Waals surface area (Å²) in [6, 6.07) is 8.42. The van der Waals surface area contributed by atoms with Crippen LogP contribution < -0.4 is 5.73 Å². The predicted molar refractivity (Wildman–Crippen MR) is 73.5 cm³/mol. The molecule has 1 heterocycles. The van der Waals surface area contributed by atoms with E-state index in [0.29, 0.717) is 5.84 Å². The van der Waals surface area contributed by atoms with Crippen LogP contribution in [0.1, 0.15) is 51.7 Å². The van der Waals surface area contributed by atoms with E-state index in [9.17, 15) is 0 Å². The lowest BCUT2D eigenvalue weighted by molar-refractivity contribution is 0.237. The van der Waals surface area contributed by atoms with Crippen molar-refractivity contribution >= 4 is 5.84 Å². The summed E-state index contributed by atoms with van der Waals surface area (Å²) in [7, 11) is 0. The minimum Gasteiger partial charge on any atom is -0.383 e. The van der Waals surface area contributed by atoms with Crippen LogP contribution in [0.4, 0.5) is 0 Å². The summed E-state index contributed by atoms with van der Waals surface area (Å²) < 4.78 is 0. The van der Waals surface area contributed by atoms with E-state index in [2.05, 4.69) is 45.9 Å². The highest BCUT2D eigenvalue weighted by molar-refractivity contribution is 6.00. The average molecular weight is 230 g/mol. The van der Waals surface area contributed by atoms with Crippen molar-refractivity contribution in [1.29, 1.82) is 0 Å². The zero-order valence-corrected chi connectivity index (χ0v) is 11.2. The lowest BCUT2D eigenvalue weighted by Gasteiger charge is -2.47. The van der Waals surface area contributed by atoms with Gasteiger partial charge < -0.3 is 5.73 Å². The molecule has 2 atom stereocenters. The van der Waals surface area contributed by atoms with E-state index in [0.717, 1.165) is 18.4 Å². The van der Waals surface area contributed by atoms with Gasteiger partial charge in [-0.25, -0.2) is 0 Å². The topological polar surface area (TPSA) is 38.4 Å². The number of amidine groups is 1.